The number of nitrogens with one attached hydrogen (secondary N) is 1. The first kappa shape index (κ1) is 22.8. The number of nitrogens with zero attached hydrogens (tertiary/aromatic N) is 2. The summed E-state index contributed by atoms with van der Waals surface area (Å²) in [6.45, 7) is 5.76. The summed E-state index contributed by atoms with van der Waals surface area (Å²) in [7, 11) is -3.73. The molecule has 0 bridgehead atoms. The van der Waals surface area contributed by atoms with Crippen molar-refractivity contribution in [2.75, 3.05) is 30.5 Å². The minimum atomic E-state index is -3.73. The van der Waals surface area contributed by atoms with Crippen LogP contribution < -0.4 is 9.62 Å². The van der Waals surface area contributed by atoms with Crippen molar-refractivity contribution < 1.29 is 13.2 Å². The molecule has 2 heterocycles. The number of carbonyl (C=O) groups excluding carboxylic acids is 1. The van der Waals surface area contributed by atoms with Gasteiger partial charge in [-0.3, -0.25) is 9.10 Å². The van der Waals surface area contributed by atoms with Crippen molar-refractivity contribution in [3.63, 3.8) is 0 Å². The SMILES string of the molecule is CCCCN1CCC(NC(=O)c2cccc(S(=O)(=O)N3CCCc4ccccc43)c2)CC1. The molecular weight excluding hydrogens is 422 g/mol. The third-order valence-corrected chi connectivity index (χ3v) is 8.31. The standard InChI is InChI=1S/C25H33N3O3S/c1-2-3-15-27-17-13-22(14-18-27)26-25(29)21-9-6-11-23(19-21)32(30,31)28-16-7-10-20-8-4-5-12-24(20)28/h4-6,8-9,11-12,19,22H,2-3,7,10,13-18H2,1H3,(H,26,29). The zero-order valence-electron chi connectivity index (χ0n) is 18.8. The summed E-state index contributed by atoms with van der Waals surface area (Å²) in [5.41, 5.74) is 2.18. The van der Waals surface area contributed by atoms with Crippen molar-refractivity contribution in [3.05, 3.63) is 59.7 Å². The van der Waals surface area contributed by atoms with Crippen LogP contribution in [0.2, 0.25) is 0 Å². The first-order valence-electron chi connectivity index (χ1n) is 11.7. The van der Waals surface area contributed by atoms with Gasteiger partial charge in [-0.2, -0.15) is 0 Å². The van der Waals surface area contributed by atoms with E-state index in [-0.39, 0.29) is 16.8 Å². The van der Waals surface area contributed by atoms with Gasteiger partial charge in [-0.25, -0.2) is 8.42 Å². The van der Waals surface area contributed by atoms with Crippen molar-refractivity contribution in [1.29, 1.82) is 0 Å². The Morgan fingerprint density at radius 2 is 1.84 bits per heavy atom. The fourth-order valence-corrected chi connectivity index (χ4v) is 6.21. The summed E-state index contributed by atoms with van der Waals surface area (Å²) in [4.78, 5) is 15.5. The summed E-state index contributed by atoms with van der Waals surface area (Å²) in [6.07, 6.45) is 5.92. The predicted octanol–water partition coefficient (Wildman–Crippen LogP) is 3.82. The Morgan fingerprint density at radius 3 is 2.62 bits per heavy atom. The molecule has 1 saturated heterocycles. The molecule has 2 aromatic carbocycles. The number of anilines is 1. The zero-order valence-corrected chi connectivity index (χ0v) is 19.6. The summed E-state index contributed by atoms with van der Waals surface area (Å²) < 4.78 is 28.3. The molecule has 0 aliphatic carbocycles. The van der Waals surface area contributed by atoms with Crippen LogP contribution in [-0.2, 0) is 16.4 Å². The largest absolute Gasteiger partial charge is 0.349 e. The highest BCUT2D eigenvalue weighted by atomic mass is 32.2. The highest BCUT2D eigenvalue weighted by Crippen LogP contribution is 2.32. The number of rotatable bonds is 7. The van der Waals surface area contributed by atoms with Gasteiger partial charge in [0.15, 0.2) is 0 Å². The second kappa shape index (κ2) is 10.0. The lowest BCUT2D eigenvalue weighted by molar-refractivity contribution is 0.0910. The van der Waals surface area contributed by atoms with E-state index in [2.05, 4.69) is 17.1 Å². The van der Waals surface area contributed by atoms with Crippen LogP contribution >= 0.6 is 0 Å². The second-order valence-corrected chi connectivity index (χ2v) is 10.6. The van der Waals surface area contributed by atoms with Crippen LogP contribution in [0.25, 0.3) is 0 Å². The molecule has 2 aliphatic heterocycles. The number of aryl methyl sites for hydroxylation is 1. The number of likely N-dealkylation sites (tertiary alicyclic amines) is 1. The number of sulfonamides is 1. The van der Waals surface area contributed by atoms with Gasteiger partial charge in [0.1, 0.15) is 0 Å². The molecule has 2 aliphatic rings. The number of unbranched alkanes of at least 4 members (excludes halogenated alkanes) is 1. The van der Waals surface area contributed by atoms with E-state index < -0.39 is 10.0 Å². The normalized spacial score (nSPS) is 17.7. The van der Waals surface area contributed by atoms with Crippen LogP contribution in [-0.4, -0.2) is 51.4 Å². The van der Waals surface area contributed by atoms with Crippen molar-refractivity contribution in [2.24, 2.45) is 0 Å². The molecule has 0 radical (unpaired) electrons. The third kappa shape index (κ3) is 4.99. The number of amides is 1. The molecule has 0 unspecified atom stereocenters. The lowest BCUT2D eigenvalue weighted by atomic mass is 10.0. The van der Waals surface area contributed by atoms with Crippen LogP contribution in [0, 0.1) is 0 Å². The van der Waals surface area contributed by atoms with E-state index in [0.29, 0.717) is 12.1 Å². The first-order chi connectivity index (χ1) is 15.5. The van der Waals surface area contributed by atoms with Gasteiger partial charge in [0.2, 0.25) is 0 Å². The number of carbonyl (C=O) groups is 1. The fraction of sp³-hybridized carbons (Fsp3) is 0.480. The molecule has 0 aromatic heterocycles. The van der Waals surface area contributed by atoms with E-state index in [9.17, 15) is 13.2 Å². The summed E-state index contributed by atoms with van der Waals surface area (Å²) in [5, 5.41) is 3.11. The maximum atomic E-state index is 13.4. The number of hydrogen-bond donors (Lipinski definition) is 1. The molecule has 0 spiro atoms. The number of hydrogen-bond acceptors (Lipinski definition) is 4. The Kier molecular flexibility index (Phi) is 7.16. The van der Waals surface area contributed by atoms with Gasteiger partial charge in [-0.1, -0.05) is 37.6 Å². The van der Waals surface area contributed by atoms with Gasteiger partial charge < -0.3 is 10.2 Å². The zero-order chi connectivity index (χ0) is 22.6. The van der Waals surface area contributed by atoms with E-state index in [1.165, 1.54) is 23.2 Å². The van der Waals surface area contributed by atoms with Crippen molar-refractivity contribution in [1.82, 2.24) is 10.2 Å². The Morgan fingerprint density at radius 1 is 1.06 bits per heavy atom. The summed E-state index contributed by atoms with van der Waals surface area (Å²) in [5.74, 6) is -0.201. The van der Waals surface area contributed by atoms with Gasteiger partial charge in [-0.05, 0) is 68.5 Å². The van der Waals surface area contributed by atoms with E-state index in [1.807, 2.05) is 24.3 Å². The van der Waals surface area contributed by atoms with Gasteiger partial charge in [0.05, 0.1) is 10.6 Å². The smallest absolute Gasteiger partial charge is 0.264 e. The molecule has 6 nitrogen and oxygen atoms in total. The van der Waals surface area contributed by atoms with Crippen LogP contribution in [0.15, 0.2) is 53.4 Å². The van der Waals surface area contributed by atoms with E-state index in [1.54, 1.807) is 18.2 Å². The van der Waals surface area contributed by atoms with Crippen LogP contribution in [0.5, 0.6) is 0 Å². The number of para-hydroxylation sites is 1. The van der Waals surface area contributed by atoms with E-state index in [4.69, 9.17) is 0 Å². The summed E-state index contributed by atoms with van der Waals surface area (Å²) in [6, 6.07) is 14.2. The molecular formula is C25H33N3O3S. The molecule has 1 amide bonds. The maximum Gasteiger partial charge on any atom is 0.264 e. The monoisotopic (exact) mass is 455 g/mol. The van der Waals surface area contributed by atoms with Gasteiger partial charge in [0.25, 0.3) is 15.9 Å². The average Bonchev–Trinajstić information content (AvgIpc) is 2.83. The number of piperidine rings is 1. The quantitative estimate of drug-likeness (QED) is 0.689. The lowest BCUT2D eigenvalue weighted by Crippen LogP contribution is -2.44. The maximum absolute atomic E-state index is 13.4. The Bertz CT molecular complexity index is 1050. The van der Waals surface area contributed by atoms with Gasteiger partial charge in [0, 0.05) is 31.2 Å². The first-order valence-corrected chi connectivity index (χ1v) is 13.2. The molecule has 0 atom stereocenters. The Labute approximate surface area is 191 Å². The van der Waals surface area contributed by atoms with Crippen molar-refractivity contribution in [2.45, 2.75) is 56.4 Å². The fourth-order valence-electron chi connectivity index (χ4n) is 4.63. The van der Waals surface area contributed by atoms with E-state index in [0.717, 1.165) is 56.6 Å². The van der Waals surface area contributed by atoms with Crippen molar-refractivity contribution in [3.8, 4) is 0 Å². The topological polar surface area (TPSA) is 69.7 Å². The van der Waals surface area contributed by atoms with Crippen LogP contribution in [0.1, 0.15) is 54.9 Å². The summed E-state index contributed by atoms with van der Waals surface area (Å²) >= 11 is 0. The number of fused-ring (bicyclic) bond motifs is 1. The molecule has 1 fully saturated rings. The third-order valence-electron chi connectivity index (χ3n) is 6.50. The van der Waals surface area contributed by atoms with Crippen LogP contribution in [0.3, 0.4) is 0 Å². The predicted molar refractivity (Wildman–Crippen MR) is 128 cm³/mol. The number of benzene rings is 2. The van der Waals surface area contributed by atoms with E-state index >= 15 is 0 Å². The molecule has 0 saturated carbocycles. The molecule has 4 rings (SSSR count). The second-order valence-electron chi connectivity index (χ2n) is 8.78. The van der Waals surface area contributed by atoms with Crippen LogP contribution in [0.4, 0.5) is 5.69 Å². The molecule has 172 valence electrons. The Hall–Kier alpha value is -2.38. The van der Waals surface area contributed by atoms with Gasteiger partial charge in [-0.15, -0.1) is 0 Å². The molecule has 2 aromatic rings. The minimum Gasteiger partial charge on any atom is -0.349 e. The molecule has 1 N–H and O–H groups in total. The minimum absolute atomic E-state index is 0.134. The van der Waals surface area contributed by atoms with Gasteiger partial charge >= 0.3 is 0 Å². The highest BCUT2D eigenvalue weighted by Gasteiger charge is 2.29. The Balaban J connectivity index is 1.45. The molecule has 7 heteroatoms. The van der Waals surface area contributed by atoms with Crippen molar-refractivity contribution >= 4 is 21.6 Å². The lowest BCUT2D eigenvalue weighted by Gasteiger charge is -2.32. The average molecular weight is 456 g/mol. The molecule has 32 heavy (non-hydrogen) atoms. The highest BCUT2D eigenvalue weighted by molar-refractivity contribution is 7.92.